The van der Waals surface area contributed by atoms with Crippen molar-refractivity contribution in [2.24, 2.45) is 5.73 Å². The Hall–Kier alpha value is -2.17. The van der Waals surface area contributed by atoms with E-state index >= 15 is 0 Å². The highest BCUT2D eigenvalue weighted by Crippen LogP contribution is 2.40. The van der Waals surface area contributed by atoms with E-state index < -0.39 is 58.3 Å². The van der Waals surface area contributed by atoms with E-state index in [4.69, 9.17) is 5.73 Å². The molecule has 2 aromatic rings. The molecule has 2 rings (SSSR count). The number of halogens is 6. The largest absolute Gasteiger partial charge is 0.424 e. The van der Waals surface area contributed by atoms with Gasteiger partial charge in [0.25, 0.3) is 0 Å². The summed E-state index contributed by atoms with van der Waals surface area (Å²) in [7, 11) is 0. The van der Waals surface area contributed by atoms with Gasteiger partial charge in [-0.1, -0.05) is 0 Å². The van der Waals surface area contributed by atoms with Gasteiger partial charge >= 0.3 is 6.18 Å². The van der Waals surface area contributed by atoms with Crippen molar-refractivity contribution in [1.29, 1.82) is 0 Å². The summed E-state index contributed by atoms with van der Waals surface area (Å²) in [5.74, 6) is -3.89. The van der Waals surface area contributed by atoms with Crippen LogP contribution < -0.4 is 5.73 Å². The van der Waals surface area contributed by atoms with Gasteiger partial charge in [0, 0.05) is 17.7 Å². The molecule has 0 aliphatic heterocycles. The number of aromatic nitrogens is 1. The third-order valence-electron chi connectivity index (χ3n) is 4.00. The Balaban J connectivity index is 2.87. The third-order valence-corrected chi connectivity index (χ3v) is 4.00. The van der Waals surface area contributed by atoms with Crippen molar-refractivity contribution >= 4 is 0 Å². The number of hydrogen-bond donors (Lipinski definition) is 3. The lowest BCUT2D eigenvalue weighted by molar-refractivity contribution is -0.263. The SMILES string of the molecule is CC(C)(O)c1cc([C@](O)(CN)C(F)(F)F)nc(-c2ccc(F)c(F)c2)c1F. The molecule has 1 atom stereocenters. The Morgan fingerprint density at radius 3 is 2.04 bits per heavy atom. The van der Waals surface area contributed by atoms with E-state index in [1.54, 1.807) is 0 Å². The summed E-state index contributed by atoms with van der Waals surface area (Å²) in [6, 6.07) is 2.62. The van der Waals surface area contributed by atoms with Crippen molar-refractivity contribution in [2.45, 2.75) is 31.2 Å². The maximum atomic E-state index is 14.8. The molecular weight excluding hydrogens is 378 g/mol. The van der Waals surface area contributed by atoms with Gasteiger partial charge in [0.15, 0.2) is 17.5 Å². The van der Waals surface area contributed by atoms with Crippen LogP contribution in [0.5, 0.6) is 0 Å². The molecule has 0 fully saturated rings. The summed E-state index contributed by atoms with van der Waals surface area (Å²) in [6.07, 6.45) is -5.27. The average Bonchev–Trinajstić information content (AvgIpc) is 2.54. The van der Waals surface area contributed by atoms with Crippen LogP contribution in [-0.2, 0) is 11.2 Å². The van der Waals surface area contributed by atoms with Gasteiger partial charge in [0.2, 0.25) is 5.60 Å². The summed E-state index contributed by atoms with van der Waals surface area (Å²) < 4.78 is 81.5. The van der Waals surface area contributed by atoms with E-state index in [1.165, 1.54) is 0 Å². The molecule has 0 amide bonds. The van der Waals surface area contributed by atoms with Gasteiger partial charge in [0.1, 0.15) is 5.69 Å². The van der Waals surface area contributed by atoms with E-state index in [2.05, 4.69) is 4.98 Å². The lowest BCUT2D eigenvalue weighted by atomic mass is 9.90. The number of hydrogen-bond acceptors (Lipinski definition) is 4. The number of nitrogens with zero attached hydrogens (tertiary/aromatic N) is 1. The first-order valence-electron chi connectivity index (χ1n) is 7.61. The predicted octanol–water partition coefficient (Wildman–Crippen LogP) is 3.10. The molecule has 4 nitrogen and oxygen atoms in total. The minimum Gasteiger partial charge on any atom is -0.386 e. The zero-order valence-corrected chi connectivity index (χ0v) is 14.2. The molecule has 1 aromatic heterocycles. The molecule has 0 spiro atoms. The Bertz CT molecular complexity index is 864. The van der Waals surface area contributed by atoms with E-state index in [-0.39, 0.29) is 5.56 Å². The molecule has 27 heavy (non-hydrogen) atoms. The number of alkyl halides is 3. The summed E-state index contributed by atoms with van der Waals surface area (Å²) in [4.78, 5) is 3.47. The number of rotatable bonds is 4. The third kappa shape index (κ3) is 3.78. The van der Waals surface area contributed by atoms with Gasteiger partial charge in [-0.05, 0) is 38.1 Å². The second-order valence-electron chi connectivity index (χ2n) is 6.47. The molecule has 0 aliphatic carbocycles. The highest BCUT2D eigenvalue weighted by Gasteiger charge is 2.55. The van der Waals surface area contributed by atoms with Crippen molar-refractivity contribution in [1.82, 2.24) is 4.98 Å². The first-order valence-corrected chi connectivity index (χ1v) is 7.61. The van der Waals surface area contributed by atoms with E-state index in [1.807, 2.05) is 0 Å². The number of aliphatic hydroxyl groups is 2. The molecule has 0 aliphatic rings. The molecule has 1 heterocycles. The minimum absolute atomic E-state index is 0.389. The molecule has 0 radical (unpaired) electrons. The second kappa shape index (κ2) is 6.77. The molecular formula is C17H16F6N2O2. The van der Waals surface area contributed by atoms with Crippen molar-refractivity contribution in [3.63, 3.8) is 0 Å². The molecule has 0 unspecified atom stereocenters. The Morgan fingerprint density at radius 1 is 1.00 bits per heavy atom. The first-order chi connectivity index (χ1) is 12.2. The molecule has 0 saturated heterocycles. The van der Waals surface area contributed by atoms with Crippen LogP contribution in [-0.4, -0.2) is 27.9 Å². The monoisotopic (exact) mass is 394 g/mol. The minimum atomic E-state index is -5.27. The highest BCUT2D eigenvalue weighted by atomic mass is 19.4. The molecule has 0 saturated carbocycles. The van der Waals surface area contributed by atoms with Crippen LogP contribution >= 0.6 is 0 Å². The van der Waals surface area contributed by atoms with Gasteiger partial charge in [-0.2, -0.15) is 13.2 Å². The Kier molecular flexibility index (Phi) is 5.30. The standard InChI is InChI=1S/C17H16F6N2O2/c1-15(2,26)9-6-12(16(27,7-24)17(21,22)23)25-14(13(9)20)8-3-4-10(18)11(19)5-8/h3-6,26-27H,7,24H2,1-2H3/t16-/m1/s1. The number of nitrogens with two attached hydrogens (primary N) is 1. The quantitative estimate of drug-likeness (QED) is 0.697. The normalized spacial score (nSPS) is 14.9. The fourth-order valence-electron chi connectivity index (χ4n) is 2.39. The van der Waals surface area contributed by atoms with Crippen molar-refractivity contribution in [2.75, 3.05) is 6.54 Å². The fraction of sp³-hybridized carbons (Fsp3) is 0.353. The maximum absolute atomic E-state index is 14.8. The van der Waals surface area contributed by atoms with Crippen LogP contribution in [0.4, 0.5) is 26.3 Å². The maximum Gasteiger partial charge on any atom is 0.424 e. The van der Waals surface area contributed by atoms with Gasteiger partial charge in [-0.3, -0.25) is 0 Å². The van der Waals surface area contributed by atoms with Crippen LogP contribution in [0, 0.1) is 17.5 Å². The molecule has 148 valence electrons. The van der Waals surface area contributed by atoms with Gasteiger partial charge in [-0.15, -0.1) is 0 Å². The molecule has 0 bridgehead atoms. The zero-order valence-electron chi connectivity index (χ0n) is 14.2. The van der Waals surface area contributed by atoms with Crippen LogP contribution in [0.1, 0.15) is 25.1 Å². The van der Waals surface area contributed by atoms with Gasteiger partial charge in [0.05, 0.1) is 11.3 Å². The number of benzene rings is 1. The molecule has 10 heteroatoms. The van der Waals surface area contributed by atoms with E-state index in [0.717, 1.165) is 19.9 Å². The van der Waals surface area contributed by atoms with Crippen LogP contribution in [0.25, 0.3) is 11.3 Å². The fourth-order valence-corrected chi connectivity index (χ4v) is 2.39. The lowest BCUT2D eigenvalue weighted by Gasteiger charge is -2.30. The van der Waals surface area contributed by atoms with Gasteiger partial charge in [-0.25, -0.2) is 18.2 Å². The molecule has 1 aromatic carbocycles. The van der Waals surface area contributed by atoms with Crippen molar-refractivity contribution in [3.05, 3.63) is 53.0 Å². The van der Waals surface area contributed by atoms with Crippen LogP contribution in [0.2, 0.25) is 0 Å². The first kappa shape index (κ1) is 21.1. The average molecular weight is 394 g/mol. The predicted molar refractivity (Wildman–Crippen MR) is 83.8 cm³/mol. The topological polar surface area (TPSA) is 79.4 Å². The summed E-state index contributed by atoms with van der Waals surface area (Å²) >= 11 is 0. The number of pyridine rings is 1. The summed E-state index contributed by atoms with van der Waals surface area (Å²) in [5, 5.41) is 20.1. The van der Waals surface area contributed by atoms with Crippen LogP contribution in [0.15, 0.2) is 24.3 Å². The summed E-state index contributed by atoms with van der Waals surface area (Å²) in [6.45, 7) is 0.857. The summed E-state index contributed by atoms with van der Waals surface area (Å²) in [5.41, 5.74) is -3.46. The Morgan fingerprint density at radius 2 is 1.59 bits per heavy atom. The molecule has 4 N–H and O–H groups in total. The van der Waals surface area contributed by atoms with Crippen molar-refractivity contribution in [3.8, 4) is 11.3 Å². The van der Waals surface area contributed by atoms with Crippen molar-refractivity contribution < 1.29 is 36.6 Å². The van der Waals surface area contributed by atoms with E-state index in [9.17, 15) is 36.6 Å². The highest BCUT2D eigenvalue weighted by molar-refractivity contribution is 5.62. The van der Waals surface area contributed by atoms with Crippen LogP contribution in [0.3, 0.4) is 0 Å². The van der Waals surface area contributed by atoms with E-state index in [0.29, 0.717) is 18.2 Å². The lowest BCUT2D eigenvalue weighted by Crippen LogP contribution is -2.49. The zero-order chi connectivity index (χ0) is 20.8. The smallest absolute Gasteiger partial charge is 0.386 e. The second-order valence-corrected chi connectivity index (χ2v) is 6.47. The Labute approximate surface area is 150 Å². The van der Waals surface area contributed by atoms with Gasteiger partial charge < -0.3 is 15.9 Å².